The Morgan fingerprint density at radius 3 is 2.64 bits per heavy atom. The van der Waals surface area contributed by atoms with Crippen LogP contribution < -0.4 is 0 Å². The highest BCUT2D eigenvalue weighted by molar-refractivity contribution is 5.92. The fraction of sp³-hybridized carbons (Fsp3) is 0.500. The summed E-state index contributed by atoms with van der Waals surface area (Å²) in [5, 5.41) is 0. The van der Waals surface area contributed by atoms with Gasteiger partial charge < -0.3 is 0 Å². The van der Waals surface area contributed by atoms with Crippen LogP contribution in [0.4, 0.5) is 0 Å². The summed E-state index contributed by atoms with van der Waals surface area (Å²) < 4.78 is 0. The van der Waals surface area contributed by atoms with Crippen molar-refractivity contribution in [2.75, 3.05) is 0 Å². The van der Waals surface area contributed by atoms with E-state index >= 15 is 0 Å². The average molecular weight is 189 g/mol. The quantitative estimate of drug-likeness (QED) is 0.715. The zero-order valence-corrected chi connectivity index (χ0v) is 8.66. The van der Waals surface area contributed by atoms with Gasteiger partial charge in [-0.3, -0.25) is 9.78 Å². The summed E-state index contributed by atoms with van der Waals surface area (Å²) >= 11 is 0. The van der Waals surface area contributed by atoms with Crippen LogP contribution in [-0.2, 0) is 4.79 Å². The number of pyridine rings is 1. The maximum atomic E-state index is 11.6. The molecule has 0 radical (unpaired) electrons. The number of hydrogen-bond donors (Lipinski definition) is 0. The minimum Gasteiger partial charge on any atom is -0.299 e. The molecule has 0 aliphatic heterocycles. The zero-order valence-electron chi connectivity index (χ0n) is 8.66. The molecular formula is C12H15NO. The maximum absolute atomic E-state index is 11.6. The zero-order chi connectivity index (χ0) is 10.2. The number of hydrogen-bond acceptors (Lipinski definition) is 2. The third-order valence-corrected chi connectivity index (χ3v) is 3.64. The van der Waals surface area contributed by atoms with Crippen molar-refractivity contribution >= 4 is 5.78 Å². The number of carbonyl (C=O) groups excluding carboxylic acids is 1. The summed E-state index contributed by atoms with van der Waals surface area (Å²) in [6.07, 6.45) is 5.23. The molecule has 0 spiro atoms. The van der Waals surface area contributed by atoms with Gasteiger partial charge in [-0.1, -0.05) is 13.8 Å². The Balaban J connectivity index is 2.27. The number of carbonyl (C=O) groups is 1. The van der Waals surface area contributed by atoms with Gasteiger partial charge in [-0.2, -0.15) is 0 Å². The summed E-state index contributed by atoms with van der Waals surface area (Å²) in [5.41, 5.74) is 1.13. The Morgan fingerprint density at radius 1 is 1.50 bits per heavy atom. The van der Waals surface area contributed by atoms with Crippen molar-refractivity contribution in [1.29, 1.82) is 0 Å². The highest BCUT2D eigenvalue weighted by Gasteiger charge is 2.49. The molecule has 2 atom stereocenters. The molecular weight excluding hydrogens is 174 g/mol. The van der Waals surface area contributed by atoms with Crippen LogP contribution in [0.1, 0.15) is 38.2 Å². The van der Waals surface area contributed by atoms with Crippen LogP contribution in [0.5, 0.6) is 0 Å². The Kier molecular flexibility index (Phi) is 2.14. The first-order valence-electron chi connectivity index (χ1n) is 5.11. The standard InChI is InChI=1S/C12H15NO/c1-3-12(2)10(8-11(12)14)9-4-6-13-7-5-9/h4-7,10H,3,8H2,1-2H3. The van der Waals surface area contributed by atoms with Gasteiger partial charge >= 0.3 is 0 Å². The molecule has 1 aliphatic rings. The number of ketones is 1. The molecule has 0 aromatic carbocycles. The molecule has 0 N–H and O–H groups in total. The highest BCUT2D eigenvalue weighted by atomic mass is 16.1. The number of rotatable bonds is 2. The van der Waals surface area contributed by atoms with Gasteiger partial charge in [0.05, 0.1) is 0 Å². The summed E-state index contributed by atoms with van der Waals surface area (Å²) in [4.78, 5) is 15.5. The van der Waals surface area contributed by atoms with Crippen molar-refractivity contribution in [2.24, 2.45) is 5.41 Å². The van der Waals surface area contributed by atoms with Crippen molar-refractivity contribution in [1.82, 2.24) is 4.98 Å². The lowest BCUT2D eigenvalue weighted by Crippen LogP contribution is -2.45. The normalized spacial score (nSPS) is 31.3. The fourth-order valence-corrected chi connectivity index (χ4v) is 2.23. The van der Waals surface area contributed by atoms with Crippen LogP contribution >= 0.6 is 0 Å². The minimum absolute atomic E-state index is 0.124. The monoisotopic (exact) mass is 189 g/mol. The van der Waals surface area contributed by atoms with E-state index in [1.165, 1.54) is 5.56 Å². The van der Waals surface area contributed by atoms with Crippen molar-refractivity contribution in [3.63, 3.8) is 0 Å². The van der Waals surface area contributed by atoms with Gasteiger partial charge in [0.2, 0.25) is 0 Å². The molecule has 2 nitrogen and oxygen atoms in total. The van der Waals surface area contributed by atoms with E-state index < -0.39 is 0 Å². The van der Waals surface area contributed by atoms with Crippen LogP contribution in [0, 0.1) is 5.41 Å². The molecule has 2 unspecified atom stereocenters. The van der Waals surface area contributed by atoms with E-state index in [1.54, 1.807) is 12.4 Å². The Bertz CT molecular complexity index is 347. The molecule has 0 amide bonds. The third kappa shape index (κ3) is 1.17. The average Bonchev–Trinajstić information content (AvgIpc) is 2.25. The number of nitrogens with zero attached hydrogens (tertiary/aromatic N) is 1. The summed E-state index contributed by atoms with van der Waals surface area (Å²) in [5.74, 6) is 0.810. The van der Waals surface area contributed by atoms with E-state index in [-0.39, 0.29) is 5.41 Å². The second-order valence-electron chi connectivity index (χ2n) is 4.23. The SMILES string of the molecule is CCC1(C)C(=O)CC1c1ccncc1. The molecule has 2 heteroatoms. The third-order valence-electron chi connectivity index (χ3n) is 3.64. The van der Waals surface area contributed by atoms with Crippen molar-refractivity contribution in [3.8, 4) is 0 Å². The molecule has 14 heavy (non-hydrogen) atoms. The maximum Gasteiger partial charge on any atom is 0.140 e. The van der Waals surface area contributed by atoms with E-state index in [0.29, 0.717) is 18.1 Å². The molecule has 1 heterocycles. The molecule has 0 bridgehead atoms. The van der Waals surface area contributed by atoms with Gasteiger partial charge in [0.1, 0.15) is 5.78 Å². The van der Waals surface area contributed by atoms with E-state index in [4.69, 9.17) is 0 Å². The molecule has 74 valence electrons. The summed E-state index contributed by atoms with van der Waals surface area (Å²) in [6.45, 7) is 4.16. The highest BCUT2D eigenvalue weighted by Crippen LogP contribution is 2.51. The van der Waals surface area contributed by atoms with Gasteiger partial charge in [0.25, 0.3) is 0 Å². The van der Waals surface area contributed by atoms with Crippen LogP contribution in [-0.4, -0.2) is 10.8 Å². The summed E-state index contributed by atoms with van der Waals surface area (Å²) in [6, 6.07) is 4.04. The molecule has 1 aromatic rings. The van der Waals surface area contributed by atoms with Crippen molar-refractivity contribution in [2.45, 2.75) is 32.6 Å². The lowest BCUT2D eigenvalue weighted by Gasteiger charge is -2.45. The van der Waals surface area contributed by atoms with Gasteiger partial charge in [-0.05, 0) is 24.1 Å². The van der Waals surface area contributed by atoms with Crippen LogP contribution in [0.2, 0.25) is 0 Å². The molecule has 1 fully saturated rings. The fourth-order valence-electron chi connectivity index (χ4n) is 2.23. The second kappa shape index (κ2) is 3.19. The second-order valence-corrected chi connectivity index (χ2v) is 4.23. The van der Waals surface area contributed by atoms with E-state index in [1.807, 2.05) is 12.1 Å². The van der Waals surface area contributed by atoms with Gasteiger partial charge in [0, 0.05) is 30.1 Å². The first kappa shape index (κ1) is 9.38. The van der Waals surface area contributed by atoms with E-state index in [2.05, 4.69) is 18.8 Å². The predicted octanol–water partition coefficient (Wildman–Crippen LogP) is 2.55. The van der Waals surface area contributed by atoms with Crippen LogP contribution in [0.15, 0.2) is 24.5 Å². The molecule has 1 saturated carbocycles. The van der Waals surface area contributed by atoms with Gasteiger partial charge in [0.15, 0.2) is 0 Å². The van der Waals surface area contributed by atoms with Crippen molar-refractivity contribution in [3.05, 3.63) is 30.1 Å². The molecule has 1 aliphatic carbocycles. The first-order valence-corrected chi connectivity index (χ1v) is 5.11. The van der Waals surface area contributed by atoms with E-state index in [9.17, 15) is 4.79 Å². The Labute approximate surface area is 84.4 Å². The molecule has 1 aromatic heterocycles. The van der Waals surface area contributed by atoms with Gasteiger partial charge in [-0.25, -0.2) is 0 Å². The first-order chi connectivity index (χ1) is 6.68. The minimum atomic E-state index is -0.124. The van der Waals surface area contributed by atoms with Crippen LogP contribution in [0.3, 0.4) is 0 Å². The molecule has 2 rings (SSSR count). The largest absolute Gasteiger partial charge is 0.299 e. The topological polar surface area (TPSA) is 30.0 Å². The lowest BCUT2D eigenvalue weighted by atomic mass is 9.56. The predicted molar refractivity (Wildman–Crippen MR) is 55.0 cm³/mol. The number of aromatic nitrogens is 1. The van der Waals surface area contributed by atoms with Gasteiger partial charge in [-0.15, -0.1) is 0 Å². The van der Waals surface area contributed by atoms with E-state index in [0.717, 1.165) is 6.42 Å². The summed E-state index contributed by atoms with van der Waals surface area (Å²) in [7, 11) is 0. The smallest absolute Gasteiger partial charge is 0.140 e. The van der Waals surface area contributed by atoms with Crippen molar-refractivity contribution < 1.29 is 4.79 Å². The molecule has 0 saturated heterocycles. The van der Waals surface area contributed by atoms with Crippen LogP contribution in [0.25, 0.3) is 0 Å². The number of Topliss-reactive ketones (excluding diaryl/α,β-unsaturated/α-hetero) is 1. The Hall–Kier alpha value is -1.18. The lowest BCUT2D eigenvalue weighted by molar-refractivity contribution is -0.139. The Morgan fingerprint density at radius 2 is 2.14 bits per heavy atom.